The maximum atomic E-state index is 12.1. The molecular weight excluding hydrogens is 344 g/mol. The number of carbonyl (C=O) groups is 2. The fourth-order valence-corrected chi connectivity index (χ4v) is 3.09. The van der Waals surface area contributed by atoms with Crippen molar-refractivity contribution in [2.24, 2.45) is 0 Å². The minimum Gasteiger partial charge on any atom is -0.478 e. The van der Waals surface area contributed by atoms with Gasteiger partial charge in [-0.15, -0.1) is 11.3 Å². The molecule has 20 heavy (non-hydrogen) atoms. The predicted octanol–water partition coefficient (Wildman–Crippen LogP) is 2.88. The maximum absolute atomic E-state index is 12.1. The van der Waals surface area contributed by atoms with Gasteiger partial charge in [0.1, 0.15) is 5.69 Å². The molecule has 0 aromatic carbocycles. The van der Waals surface area contributed by atoms with Crippen molar-refractivity contribution in [2.75, 3.05) is 7.05 Å². The predicted molar refractivity (Wildman–Crippen MR) is 79.0 cm³/mol. The maximum Gasteiger partial charge on any atom is 0.337 e. The number of hydrogen-bond acceptors (Lipinski definition) is 4. The first-order valence-electron chi connectivity index (χ1n) is 5.65. The first kappa shape index (κ1) is 14.7. The standard InChI is InChI=1S/C13H11BrN2O3S/c1-16(6-10-4-9(14)7-20-10)12(17)11-3-2-8(5-15-11)13(18)19/h2-5,7H,6H2,1H3,(H,18,19). The molecule has 0 fully saturated rings. The highest BCUT2D eigenvalue weighted by atomic mass is 79.9. The molecule has 0 aliphatic carbocycles. The Morgan fingerprint density at radius 2 is 2.20 bits per heavy atom. The summed E-state index contributed by atoms with van der Waals surface area (Å²) in [6.07, 6.45) is 1.19. The van der Waals surface area contributed by atoms with Gasteiger partial charge >= 0.3 is 5.97 Å². The minimum atomic E-state index is -1.06. The quantitative estimate of drug-likeness (QED) is 0.916. The first-order valence-corrected chi connectivity index (χ1v) is 7.32. The number of carbonyl (C=O) groups excluding carboxylic acids is 1. The Hall–Kier alpha value is -1.73. The molecule has 0 spiro atoms. The normalized spacial score (nSPS) is 10.3. The molecule has 2 rings (SSSR count). The molecule has 0 saturated heterocycles. The Morgan fingerprint density at radius 1 is 1.45 bits per heavy atom. The fraction of sp³-hybridized carbons (Fsp3) is 0.154. The molecule has 5 nitrogen and oxygen atoms in total. The number of amides is 1. The fourth-order valence-electron chi connectivity index (χ4n) is 1.58. The Kier molecular flexibility index (Phi) is 4.51. The summed E-state index contributed by atoms with van der Waals surface area (Å²) >= 11 is 4.92. The van der Waals surface area contributed by atoms with E-state index in [4.69, 9.17) is 5.11 Å². The monoisotopic (exact) mass is 354 g/mol. The lowest BCUT2D eigenvalue weighted by Gasteiger charge is -2.15. The van der Waals surface area contributed by atoms with Crippen molar-refractivity contribution in [1.82, 2.24) is 9.88 Å². The lowest BCUT2D eigenvalue weighted by atomic mass is 10.2. The van der Waals surface area contributed by atoms with Gasteiger partial charge in [-0.3, -0.25) is 9.78 Å². The van der Waals surface area contributed by atoms with Crippen molar-refractivity contribution in [3.8, 4) is 0 Å². The van der Waals surface area contributed by atoms with Crippen molar-refractivity contribution in [1.29, 1.82) is 0 Å². The third kappa shape index (κ3) is 3.43. The number of halogens is 1. The summed E-state index contributed by atoms with van der Waals surface area (Å²) in [5, 5.41) is 10.7. The highest BCUT2D eigenvalue weighted by Gasteiger charge is 2.15. The molecule has 0 radical (unpaired) electrons. The van der Waals surface area contributed by atoms with E-state index >= 15 is 0 Å². The lowest BCUT2D eigenvalue weighted by molar-refractivity contribution is 0.0694. The molecule has 1 amide bonds. The Bertz CT molecular complexity index is 639. The average Bonchev–Trinajstić information content (AvgIpc) is 2.83. The van der Waals surface area contributed by atoms with Gasteiger partial charge in [0.25, 0.3) is 5.91 Å². The zero-order valence-electron chi connectivity index (χ0n) is 10.5. The molecule has 104 valence electrons. The minimum absolute atomic E-state index is 0.0615. The largest absolute Gasteiger partial charge is 0.478 e. The number of nitrogens with zero attached hydrogens (tertiary/aromatic N) is 2. The zero-order valence-corrected chi connectivity index (χ0v) is 12.9. The van der Waals surface area contributed by atoms with Gasteiger partial charge in [0.15, 0.2) is 0 Å². The molecule has 0 saturated carbocycles. The van der Waals surface area contributed by atoms with Crippen LogP contribution in [-0.2, 0) is 6.54 Å². The van der Waals surface area contributed by atoms with E-state index in [1.54, 1.807) is 23.3 Å². The van der Waals surface area contributed by atoms with Crippen molar-refractivity contribution in [3.63, 3.8) is 0 Å². The van der Waals surface area contributed by atoms with Crippen LogP contribution in [0, 0.1) is 0 Å². The number of aromatic carboxylic acids is 1. The first-order chi connectivity index (χ1) is 9.47. The van der Waals surface area contributed by atoms with E-state index < -0.39 is 5.97 Å². The molecular formula is C13H11BrN2O3S. The smallest absolute Gasteiger partial charge is 0.337 e. The van der Waals surface area contributed by atoms with Crippen LogP contribution in [0.25, 0.3) is 0 Å². The number of thiophene rings is 1. The summed E-state index contributed by atoms with van der Waals surface area (Å²) in [6.45, 7) is 0.484. The second-order valence-electron chi connectivity index (χ2n) is 4.13. The van der Waals surface area contributed by atoms with Crippen LogP contribution >= 0.6 is 27.3 Å². The van der Waals surface area contributed by atoms with Gasteiger partial charge in [-0.1, -0.05) is 0 Å². The van der Waals surface area contributed by atoms with E-state index in [2.05, 4.69) is 20.9 Å². The van der Waals surface area contributed by atoms with Crippen LogP contribution in [-0.4, -0.2) is 33.9 Å². The third-order valence-corrected chi connectivity index (χ3v) is 4.27. The zero-order chi connectivity index (χ0) is 14.7. The Balaban J connectivity index is 2.08. The molecule has 7 heteroatoms. The molecule has 2 aromatic heterocycles. The summed E-state index contributed by atoms with van der Waals surface area (Å²) in [6, 6.07) is 4.75. The highest BCUT2D eigenvalue weighted by molar-refractivity contribution is 9.10. The van der Waals surface area contributed by atoms with Gasteiger partial charge in [0.05, 0.1) is 12.1 Å². The lowest BCUT2D eigenvalue weighted by Crippen LogP contribution is -2.26. The SMILES string of the molecule is CN(Cc1cc(Br)cs1)C(=O)c1ccc(C(=O)O)cn1. The van der Waals surface area contributed by atoms with Crippen molar-refractivity contribution in [3.05, 3.63) is 50.4 Å². The summed E-state index contributed by atoms with van der Waals surface area (Å²) in [7, 11) is 1.68. The van der Waals surface area contributed by atoms with E-state index in [1.165, 1.54) is 18.3 Å². The van der Waals surface area contributed by atoms with Crippen LogP contribution in [0.4, 0.5) is 0 Å². The van der Waals surface area contributed by atoms with Gasteiger partial charge in [-0.2, -0.15) is 0 Å². The van der Waals surface area contributed by atoms with Crippen LogP contribution in [0.3, 0.4) is 0 Å². The van der Waals surface area contributed by atoms with Gasteiger partial charge in [-0.25, -0.2) is 4.79 Å². The number of carboxylic acid groups (broad SMARTS) is 1. The molecule has 0 unspecified atom stereocenters. The molecule has 2 aromatic rings. The molecule has 0 bridgehead atoms. The molecule has 0 aliphatic heterocycles. The molecule has 0 atom stereocenters. The van der Waals surface area contributed by atoms with Crippen molar-refractivity contribution in [2.45, 2.75) is 6.54 Å². The Labute approximate surface area is 128 Å². The number of carboxylic acids is 1. The number of hydrogen-bond donors (Lipinski definition) is 1. The summed E-state index contributed by atoms with van der Waals surface area (Å²) in [4.78, 5) is 29.4. The number of aromatic nitrogens is 1. The summed E-state index contributed by atoms with van der Waals surface area (Å²) < 4.78 is 0.988. The van der Waals surface area contributed by atoms with E-state index in [9.17, 15) is 9.59 Å². The van der Waals surface area contributed by atoms with E-state index in [0.29, 0.717) is 6.54 Å². The van der Waals surface area contributed by atoms with Gasteiger partial charge in [0, 0.05) is 28.0 Å². The van der Waals surface area contributed by atoms with Crippen LogP contribution < -0.4 is 0 Å². The second-order valence-corrected chi connectivity index (χ2v) is 6.04. The van der Waals surface area contributed by atoms with Crippen molar-refractivity contribution >= 4 is 39.1 Å². The number of pyridine rings is 1. The van der Waals surface area contributed by atoms with E-state index in [0.717, 1.165) is 9.35 Å². The van der Waals surface area contributed by atoms with Gasteiger partial charge in [-0.05, 0) is 34.1 Å². The molecule has 2 heterocycles. The molecule has 1 N–H and O–H groups in total. The summed E-state index contributed by atoms with van der Waals surface area (Å²) in [5.74, 6) is -1.31. The highest BCUT2D eigenvalue weighted by Crippen LogP contribution is 2.21. The van der Waals surface area contributed by atoms with Crippen LogP contribution in [0.15, 0.2) is 34.2 Å². The van der Waals surface area contributed by atoms with E-state index in [-0.39, 0.29) is 17.2 Å². The van der Waals surface area contributed by atoms with Crippen molar-refractivity contribution < 1.29 is 14.7 Å². The third-order valence-electron chi connectivity index (χ3n) is 2.59. The van der Waals surface area contributed by atoms with Crippen LogP contribution in [0.2, 0.25) is 0 Å². The average molecular weight is 355 g/mol. The van der Waals surface area contributed by atoms with Crippen LogP contribution in [0.5, 0.6) is 0 Å². The van der Waals surface area contributed by atoms with Gasteiger partial charge in [0.2, 0.25) is 0 Å². The number of rotatable bonds is 4. The van der Waals surface area contributed by atoms with E-state index in [1.807, 2.05) is 11.4 Å². The summed E-state index contributed by atoms with van der Waals surface area (Å²) in [5.41, 5.74) is 0.291. The topological polar surface area (TPSA) is 70.5 Å². The van der Waals surface area contributed by atoms with Gasteiger partial charge < -0.3 is 10.0 Å². The Morgan fingerprint density at radius 3 is 2.70 bits per heavy atom. The van der Waals surface area contributed by atoms with Crippen LogP contribution in [0.1, 0.15) is 25.7 Å². The molecule has 0 aliphatic rings. The second kappa shape index (κ2) is 6.15.